The number of rotatable bonds is 5. The molecule has 2 aromatic carbocycles. The van der Waals surface area contributed by atoms with Gasteiger partial charge in [0.25, 0.3) is 0 Å². The smallest absolute Gasteiger partial charge is 0.220 e. The molecule has 20 heavy (non-hydrogen) atoms. The molecular weight excluding hydrogens is 252 g/mol. The van der Waals surface area contributed by atoms with Crippen LogP contribution >= 0.6 is 0 Å². The summed E-state index contributed by atoms with van der Waals surface area (Å²) < 4.78 is 0. The third kappa shape index (κ3) is 3.75. The first-order valence-corrected chi connectivity index (χ1v) is 6.54. The van der Waals surface area contributed by atoms with Gasteiger partial charge in [-0.3, -0.25) is 4.79 Å². The fraction of sp³-hybridized carbons (Fsp3) is 0.188. The highest BCUT2D eigenvalue weighted by Gasteiger charge is 2.05. The van der Waals surface area contributed by atoms with Gasteiger partial charge in [0.2, 0.25) is 5.91 Å². The number of phenolic OH excluding ortho intramolecular Hbond substituents is 1. The van der Waals surface area contributed by atoms with E-state index in [1.54, 1.807) is 18.2 Å². The second-order valence-electron chi connectivity index (χ2n) is 4.60. The SMILES string of the molecule is Nc1ccccc1CCC(=O)NCc1ccccc1O. The summed E-state index contributed by atoms with van der Waals surface area (Å²) in [6.07, 6.45) is 0.987. The first kappa shape index (κ1) is 13.9. The van der Waals surface area contributed by atoms with Gasteiger partial charge in [-0.15, -0.1) is 0 Å². The maximum Gasteiger partial charge on any atom is 0.220 e. The number of carbonyl (C=O) groups excluding carboxylic acids is 1. The van der Waals surface area contributed by atoms with Crippen molar-refractivity contribution in [1.29, 1.82) is 0 Å². The van der Waals surface area contributed by atoms with Gasteiger partial charge in [0, 0.05) is 24.2 Å². The van der Waals surface area contributed by atoms with E-state index in [9.17, 15) is 9.90 Å². The molecule has 0 bridgehead atoms. The molecule has 0 heterocycles. The van der Waals surface area contributed by atoms with Crippen LogP contribution < -0.4 is 11.1 Å². The number of benzene rings is 2. The number of carbonyl (C=O) groups is 1. The van der Waals surface area contributed by atoms with Crippen molar-refractivity contribution in [2.75, 3.05) is 5.73 Å². The topological polar surface area (TPSA) is 75.4 Å². The molecule has 0 unspecified atom stereocenters. The summed E-state index contributed by atoms with van der Waals surface area (Å²) in [5.74, 6) is 0.136. The van der Waals surface area contributed by atoms with Gasteiger partial charge < -0.3 is 16.2 Å². The summed E-state index contributed by atoms with van der Waals surface area (Å²) >= 11 is 0. The minimum atomic E-state index is -0.0588. The first-order valence-electron chi connectivity index (χ1n) is 6.54. The molecule has 2 rings (SSSR count). The second-order valence-corrected chi connectivity index (χ2v) is 4.60. The van der Waals surface area contributed by atoms with Crippen LogP contribution in [0.1, 0.15) is 17.5 Å². The van der Waals surface area contributed by atoms with Crippen LogP contribution in [-0.2, 0) is 17.8 Å². The lowest BCUT2D eigenvalue weighted by molar-refractivity contribution is -0.121. The first-order chi connectivity index (χ1) is 9.66. The second kappa shape index (κ2) is 6.61. The summed E-state index contributed by atoms with van der Waals surface area (Å²) in [6.45, 7) is 0.329. The third-order valence-electron chi connectivity index (χ3n) is 3.14. The Kier molecular flexibility index (Phi) is 4.60. The van der Waals surface area contributed by atoms with Gasteiger partial charge in [0.15, 0.2) is 0 Å². The van der Waals surface area contributed by atoms with Crippen LogP contribution in [0.2, 0.25) is 0 Å². The Morgan fingerprint density at radius 1 is 1.05 bits per heavy atom. The highest BCUT2D eigenvalue weighted by molar-refractivity contribution is 5.76. The standard InChI is InChI=1S/C16H18N2O2/c17-14-7-3-1-5-12(14)9-10-16(20)18-11-13-6-2-4-8-15(13)19/h1-8,19H,9-11,17H2,(H,18,20). The van der Waals surface area contributed by atoms with E-state index in [0.29, 0.717) is 30.6 Å². The lowest BCUT2D eigenvalue weighted by Crippen LogP contribution is -2.23. The number of hydrogen-bond acceptors (Lipinski definition) is 3. The van der Waals surface area contributed by atoms with Crippen molar-refractivity contribution < 1.29 is 9.90 Å². The molecule has 0 aliphatic heterocycles. The molecule has 1 amide bonds. The molecule has 0 radical (unpaired) electrons. The van der Waals surface area contributed by atoms with E-state index in [4.69, 9.17) is 5.73 Å². The lowest BCUT2D eigenvalue weighted by Gasteiger charge is -2.08. The minimum Gasteiger partial charge on any atom is -0.508 e. The Morgan fingerprint density at radius 2 is 1.70 bits per heavy atom. The number of aromatic hydroxyl groups is 1. The molecule has 0 saturated heterocycles. The van der Waals surface area contributed by atoms with Crippen LogP contribution in [0.5, 0.6) is 5.75 Å². The zero-order valence-electron chi connectivity index (χ0n) is 11.2. The molecule has 4 N–H and O–H groups in total. The van der Waals surface area contributed by atoms with Crippen LogP contribution in [0.25, 0.3) is 0 Å². The molecular formula is C16H18N2O2. The van der Waals surface area contributed by atoms with Crippen LogP contribution in [0.4, 0.5) is 5.69 Å². The number of nitrogen functional groups attached to an aromatic ring is 1. The molecule has 4 heteroatoms. The zero-order valence-corrected chi connectivity index (χ0v) is 11.2. The van der Waals surface area contributed by atoms with E-state index in [1.807, 2.05) is 30.3 Å². The van der Waals surface area contributed by atoms with E-state index in [1.165, 1.54) is 0 Å². The predicted octanol–water partition coefficient (Wildman–Crippen LogP) is 2.22. The minimum absolute atomic E-state index is 0.0588. The van der Waals surface area contributed by atoms with E-state index in [-0.39, 0.29) is 11.7 Å². The fourth-order valence-electron chi connectivity index (χ4n) is 1.95. The Morgan fingerprint density at radius 3 is 2.40 bits per heavy atom. The number of anilines is 1. The Hall–Kier alpha value is -2.49. The number of nitrogens with two attached hydrogens (primary N) is 1. The van der Waals surface area contributed by atoms with Crippen LogP contribution in [-0.4, -0.2) is 11.0 Å². The summed E-state index contributed by atoms with van der Waals surface area (Å²) in [4.78, 5) is 11.8. The predicted molar refractivity (Wildman–Crippen MR) is 79.1 cm³/mol. The summed E-state index contributed by atoms with van der Waals surface area (Å²) in [5, 5.41) is 12.4. The van der Waals surface area contributed by atoms with Gasteiger partial charge in [-0.05, 0) is 24.1 Å². The molecule has 0 atom stereocenters. The number of phenols is 1. The van der Waals surface area contributed by atoms with Gasteiger partial charge >= 0.3 is 0 Å². The Bertz CT molecular complexity index is 545. The fourth-order valence-corrected chi connectivity index (χ4v) is 1.95. The quantitative estimate of drug-likeness (QED) is 0.729. The molecule has 104 valence electrons. The average Bonchev–Trinajstić information content (AvgIpc) is 2.45. The van der Waals surface area contributed by atoms with Crippen molar-refractivity contribution in [3.8, 4) is 5.75 Å². The monoisotopic (exact) mass is 270 g/mol. The Labute approximate surface area is 118 Å². The Balaban J connectivity index is 1.82. The van der Waals surface area contributed by atoms with Gasteiger partial charge in [-0.1, -0.05) is 36.4 Å². The maximum absolute atomic E-state index is 11.8. The number of aryl methyl sites for hydroxylation is 1. The zero-order chi connectivity index (χ0) is 14.4. The largest absolute Gasteiger partial charge is 0.508 e. The summed E-state index contributed by atoms with van der Waals surface area (Å²) in [7, 11) is 0. The maximum atomic E-state index is 11.8. The van der Waals surface area contributed by atoms with Crippen molar-refractivity contribution >= 4 is 11.6 Å². The summed E-state index contributed by atoms with van der Waals surface area (Å²) in [5.41, 5.74) is 8.22. The highest BCUT2D eigenvalue weighted by Crippen LogP contribution is 2.15. The van der Waals surface area contributed by atoms with Crippen molar-refractivity contribution in [3.63, 3.8) is 0 Å². The van der Waals surface area contributed by atoms with Gasteiger partial charge in [-0.2, -0.15) is 0 Å². The van der Waals surface area contributed by atoms with E-state index in [2.05, 4.69) is 5.32 Å². The molecule has 2 aromatic rings. The van der Waals surface area contributed by atoms with Crippen LogP contribution in [0.15, 0.2) is 48.5 Å². The van der Waals surface area contributed by atoms with Crippen LogP contribution in [0.3, 0.4) is 0 Å². The van der Waals surface area contributed by atoms with Crippen molar-refractivity contribution in [3.05, 3.63) is 59.7 Å². The highest BCUT2D eigenvalue weighted by atomic mass is 16.3. The van der Waals surface area contributed by atoms with Gasteiger partial charge in [0.1, 0.15) is 5.75 Å². The molecule has 0 aromatic heterocycles. The normalized spacial score (nSPS) is 10.2. The van der Waals surface area contributed by atoms with Crippen molar-refractivity contribution in [2.45, 2.75) is 19.4 Å². The molecule has 0 fully saturated rings. The van der Waals surface area contributed by atoms with E-state index >= 15 is 0 Å². The number of hydrogen-bond donors (Lipinski definition) is 3. The number of nitrogens with one attached hydrogen (secondary N) is 1. The van der Waals surface area contributed by atoms with Crippen molar-refractivity contribution in [2.24, 2.45) is 0 Å². The molecule has 0 saturated carbocycles. The van der Waals surface area contributed by atoms with E-state index < -0.39 is 0 Å². The van der Waals surface area contributed by atoms with Crippen molar-refractivity contribution in [1.82, 2.24) is 5.32 Å². The van der Waals surface area contributed by atoms with Gasteiger partial charge in [-0.25, -0.2) is 0 Å². The molecule has 0 aliphatic carbocycles. The number of amides is 1. The van der Waals surface area contributed by atoms with Gasteiger partial charge in [0.05, 0.1) is 0 Å². The van der Waals surface area contributed by atoms with E-state index in [0.717, 1.165) is 5.56 Å². The molecule has 4 nitrogen and oxygen atoms in total. The summed E-state index contributed by atoms with van der Waals surface area (Å²) in [6, 6.07) is 14.5. The molecule has 0 spiro atoms. The average molecular weight is 270 g/mol. The lowest BCUT2D eigenvalue weighted by atomic mass is 10.1. The third-order valence-corrected chi connectivity index (χ3v) is 3.14. The number of para-hydroxylation sites is 2. The molecule has 0 aliphatic rings. The van der Waals surface area contributed by atoms with Crippen LogP contribution in [0, 0.1) is 0 Å².